The molecule has 2 aliphatic rings. The molecule has 2 aromatic carbocycles. The summed E-state index contributed by atoms with van der Waals surface area (Å²) in [5, 5.41) is 5.49. The number of rotatable bonds is 3. The number of fused-ring (bicyclic) bond motifs is 3. The van der Waals surface area contributed by atoms with E-state index in [-0.39, 0.29) is 6.04 Å². The SMILES string of the molecule is O=S(=O)(NC1CC2CCC(C1)N2)c1ccc2cc(Br)ccc2c1. The highest BCUT2D eigenvalue weighted by molar-refractivity contribution is 9.10. The van der Waals surface area contributed by atoms with Gasteiger partial charge in [-0.25, -0.2) is 13.1 Å². The summed E-state index contributed by atoms with van der Waals surface area (Å²) in [5.41, 5.74) is 0. The predicted octanol–water partition coefficient (Wildman–Crippen LogP) is 3.16. The summed E-state index contributed by atoms with van der Waals surface area (Å²) in [6, 6.07) is 12.1. The lowest BCUT2D eigenvalue weighted by atomic mass is 10.0. The molecule has 2 unspecified atom stereocenters. The first-order valence-electron chi connectivity index (χ1n) is 7.97. The Kier molecular flexibility index (Phi) is 3.96. The second kappa shape index (κ2) is 5.84. The van der Waals surface area contributed by atoms with Crippen molar-refractivity contribution in [2.75, 3.05) is 0 Å². The topological polar surface area (TPSA) is 58.2 Å². The Morgan fingerprint density at radius 1 is 1.00 bits per heavy atom. The molecule has 0 spiro atoms. The van der Waals surface area contributed by atoms with Crippen molar-refractivity contribution >= 4 is 36.7 Å². The van der Waals surface area contributed by atoms with Crippen LogP contribution in [0.4, 0.5) is 0 Å². The summed E-state index contributed by atoms with van der Waals surface area (Å²) in [5.74, 6) is 0. The van der Waals surface area contributed by atoms with Gasteiger partial charge in [-0.1, -0.05) is 28.1 Å². The van der Waals surface area contributed by atoms with Crippen LogP contribution in [0, 0.1) is 0 Å². The Labute approximate surface area is 144 Å². The molecule has 23 heavy (non-hydrogen) atoms. The van der Waals surface area contributed by atoms with Gasteiger partial charge in [0.25, 0.3) is 0 Å². The molecule has 0 amide bonds. The second-order valence-corrected chi connectivity index (χ2v) is 9.21. The summed E-state index contributed by atoms with van der Waals surface area (Å²) in [6.45, 7) is 0. The summed E-state index contributed by atoms with van der Waals surface area (Å²) < 4.78 is 29.3. The Balaban J connectivity index is 1.59. The maximum atomic E-state index is 12.7. The maximum absolute atomic E-state index is 12.7. The van der Waals surface area contributed by atoms with Gasteiger partial charge in [0, 0.05) is 22.6 Å². The lowest BCUT2D eigenvalue weighted by molar-refractivity contribution is 0.345. The van der Waals surface area contributed by atoms with Crippen LogP contribution < -0.4 is 10.0 Å². The Morgan fingerprint density at radius 2 is 1.65 bits per heavy atom. The summed E-state index contributed by atoms with van der Waals surface area (Å²) in [7, 11) is -3.47. The third kappa shape index (κ3) is 3.18. The van der Waals surface area contributed by atoms with Crippen LogP contribution in [0.15, 0.2) is 45.8 Å². The zero-order valence-electron chi connectivity index (χ0n) is 12.6. The monoisotopic (exact) mass is 394 g/mol. The highest BCUT2D eigenvalue weighted by atomic mass is 79.9. The van der Waals surface area contributed by atoms with Crippen molar-refractivity contribution in [3.05, 3.63) is 40.9 Å². The second-order valence-electron chi connectivity index (χ2n) is 6.58. The summed E-state index contributed by atoms with van der Waals surface area (Å²) in [6.07, 6.45) is 4.09. The van der Waals surface area contributed by atoms with Crippen LogP contribution >= 0.6 is 15.9 Å². The van der Waals surface area contributed by atoms with E-state index in [2.05, 4.69) is 26.0 Å². The average Bonchev–Trinajstić information content (AvgIpc) is 2.85. The molecule has 122 valence electrons. The van der Waals surface area contributed by atoms with E-state index < -0.39 is 10.0 Å². The van der Waals surface area contributed by atoms with Gasteiger partial charge in [-0.2, -0.15) is 0 Å². The van der Waals surface area contributed by atoms with E-state index in [9.17, 15) is 8.42 Å². The fraction of sp³-hybridized carbons (Fsp3) is 0.412. The zero-order chi connectivity index (χ0) is 16.0. The van der Waals surface area contributed by atoms with Crippen molar-refractivity contribution in [1.82, 2.24) is 10.0 Å². The van der Waals surface area contributed by atoms with Gasteiger partial charge in [-0.15, -0.1) is 0 Å². The van der Waals surface area contributed by atoms with Crippen molar-refractivity contribution in [1.29, 1.82) is 0 Å². The molecule has 2 aliphatic heterocycles. The molecule has 0 radical (unpaired) electrons. The lowest BCUT2D eigenvalue weighted by Crippen LogP contribution is -2.47. The van der Waals surface area contributed by atoms with E-state index in [1.807, 2.05) is 24.3 Å². The molecule has 2 fully saturated rings. The summed E-state index contributed by atoms with van der Waals surface area (Å²) in [4.78, 5) is 0.346. The van der Waals surface area contributed by atoms with E-state index in [1.165, 1.54) is 0 Å². The molecule has 2 saturated heterocycles. The van der Waals surface area contributed by atoms with Gasteiger partial charge < -0.3 is 5.32 Å². The molecule has 0 aliphatic carbocycles. The van der Waals surface area contributed by atoms with E-state index >= 15 is 0 Å². The van der Waals surface area contributed by atoms with Crippen LogP contribution in [0.1, 0.15) is 25.7 Å². The third-order valence-corrected chi connectivity index (χ3v) is 6.89. The number of halogens is 1. The maximum Gasteiger partial charge on any atom is 0.240 e. The van der Waals surface area contributed by atoms with Gasteiger partial charge in [0.1, 0.15) is 0 Å². The highest BCUT2D eigenvalue weighted by Crippen LogP contribution is 2.28. The van der Waals surface area contributed by atoms with E-state index in [1.54, 1.807) is 12.1 Å². The molecular weight excluding hydrogens is 376 g/mol. The number of hydrogen-bond donors (Lipinski definition) is 2. The van der Waals surface area contributed by atoms with Crippen molar-refractivity contribution in [2.45, 2.75) is 48.7 Å². The van der Waals surface area contributed by atoms with Crippen molar-refractivity contribution in [3.8, 4) is 0 Å². The fourth-order valence-corrected chi connectivity index (χ4v) is 5.48. The van der Waals surface area contributed by atoms with Crippen LogP contribution in [-0.4, -0.2) is 26.5 Å². The summed E-state index contributed by atoms with van der Waals surface area (Å²) >= 11 is 3.44. The van der Waals surface area contributed by atoms with Crippen LogP contribution in [0.25, 0.3) is 10.8 Å². The molecule has 6 heteroatoms. The van der Waals surface area contributed by atoms with E-state index in [4.69, 9.17) is 0 Å². The van der Waals surface area contributed by atoms with Crippen molar-refractivity contribution in [3.63, 3.8) is 0 Å². The van der Waals surface area contributed by atoms with Crippen LogP contribution in [-0.2, 0) is 10.0 Å². The van der Waals surface area contributed by atoms with Crippen LogP contribution in [0.5, 0.6) is 0 Å². The number of piperidine rings is 1. The number of benzene rings is 2. The van der Waals surface area contributed by atoms with Gasteiger partial charge in [-0.3, -0.25) is 0 Å². The standard InChI is InChI=1S/C17H19BrN2O2S/c18-13-3-1-12-8-17(6-2-11(12)7-13)23(21,22)20-16-9-14-4-5-15(10-16)19-14/h1-3,6-8,14-16,19-20H,4-5,9-10H2. The van der Waals surface area contributed by atoms with Gasteiger partial charge >= 0.3 is 0 Å². The minimum Gasteiger partial charge on any atom is -0.311 e. The fourth-order valence-electron chi connectivity index (χ4n) is 3.80. The minimum atomic E-state index is -3.47. The molecule has 2 heterocycles. The highest BCUT2D eigenvalue weighted by Gasteiger charge is 2.35. The molecule has 4 rings (SSSR count). The minimum absolute atomic E-state index is 0.0411. The number of hydrogen-bond acceptors (Lipinski definition) is 3. The van der Waals surface area contributed by atoms with Gasteiger partial charge in [0.2, 0.25) is 10.0 Å². The third-order valence-electron chi connectivity index (χ3n) is 4.88. The Morgan fingerprint density at radius 3 is 2.39 bits per heavy atom. The Hall–Kier alpha value is -0.950. The molecule has 0 saturated carbocycles. The number of sulfonamides is 1. The van der Waals surface area contributed by atoms with E-state index in [0.717, 1.165) is 40.9 Å². The largest absolute Gasteiger partial charge is 0.311 e. The molecule has 2 atom stereocenters. The smallest absolute Gasteiger partial charge is 0.240 e. The average molecular weight is 395 g/mol. The molecule has 4 nitrogen and oxygen atoms in total. The molecule has 2 N–H and O–H groups in total. The Bertz CT molecular complexity index is 841. The van der Waals surface area contributed by atoms with Crippen molar-refractivity contribution in [2.24, 2.45) is 0 Å². The van der Waals surface area contributed by atoms with Gasteiger partial charge in [-0.05, 0) is 60.7 Å². The first kappa shape index (κ1) is 15.6. The molecule has 0 aromatic heterocycles. The van der Waals surface area contributed by atoms with Crippen molar-refractivity contribution < 1.29 is 8.42 Å². The van der Waals surface area contributed by atoms with E-state index in [0.29, 0.717) is 17.0 Å². The molecule has 2 bridgehead atoms. The van der Waals surface area contributed by atoms with Crippen LogP contribution in [0.2, 0.25) is 0 Å². The molecule has 2 aromatic rings. The number of nitrogens with one attached hydrogen (secondary N) is 2. The predicted molar refractivity (Wildman–Crippen MR) is 94.9 cm³/mol. The van der Waals surface area contributed by atoms with Gasteiger partial charge in [0.05, 0.1) is 4.90 Å². The normalized spacial score (nSPS) is 27.4. The first-order valence-corrected chi connectivity index (χ1v) is 10.2. The quantitative estimate of drug-likeness (QED) is 0.840. The van der Waals surface area contributed by atoms with Gasteiger partial charge in [0.15, 0.2) is 0 Å². The molecular formula is C17H19BrN2O2S. The first-order chi connectivity index (χ1) is 11.0. The lowest BCUT2D eigenvalue weighted by Gasteiger charge is -2.29. The zero-order valence-corrected chi connectivity index (χ0v) is 15.0. The van der Waals surface area contributed by atoms with Crippen LogP contribution in [0.3, 0.4) is 0 Å².